The number of aliphatic imine (C=N–C) groups is 4. The minimum absolute atomic E-state index is 0.101. The highest BCUT2D eigenvalue weighted by atomic mass is 16.3. The lowest BCUT2D eigenvalue weighted by molar-refractivity contribution is 0.458. The average molecular weight is 351 g/mol. The molecule has 4 N–H and O–H groups in total. The Hall–Kier alpha value is -3.88. The van der Waals surface area contributed by atoms with Crippen molar-refractivity contribution in [1.82, 2.24) is 0 Å². The van der Waals surface area contributed by atoms with Gasteiger partial charge in [0.2, 0.25) is 0 Å². The number of benzene rings is 2. The van der Waals surface area contributed by atoms with Crippen molar-refractivity contribution in [3.63, 3.8) is 0 Å². The Balaban J connectivity index is 1.96. The van der Waals surface area contributed by atoms with Gasteiger partial charge in [0.25, 0.3) is 0 Å². The number of hydrogen-bond donors (Lipinski definition) is 4. The van der Waals surface area contributed by atoms with Crippen LogP contribution in [0.2, 0.25) is 0 Å². The Morgan fingerprint density at radius 1 is 0.769 bits per heavy atom. The van der Waals surface area contributed by atoms with Crippen LogP contribution in [0.1, 0.15) is 0 Å². The summed E-state index contributed by atoms with van der Waals surface area (Å²) < 4.78 is 0. The molecule has 0 radical (unpaired) electrons. The first-order valence-electron chi connectivity index (χ1n) is 7.58. The van der Waals surface area contributed by atoms with Crippen molar-refractivity contribution in [2.45, 2.75) is 6.04 Å². The van der Waals surface area contributed by atoms with Gasteiger partial charge in [0.05, 0.1) is 11.4 Å². The van der Waals surface area contributed by atoms with Crippen LogP contribution < -0.4 is 4.90 Å². The van der Waals surface area contributed by atoms with E-state index in [1.54, 1.807) is 0 Å². The fraction of sp³-hybridized carbons (Fsp3) is 0.0588. The van der Waals surface area contributed by atoms with Crippen LogP contribution in [0.15, 0.2) is 56.4 Å². The predicted octanol–water partition coefficient (Wildman–Crippen LogP) is 1.90. The first kappa shape index (κ1) is 15.6. The van der Waals surface area contributed by atoms with Crippen LogP contribution in [0.25, 0.3) is 0 Å². The summed E-state index contributed by atoms with van der Waals surface area (Å²) in [6.07, 6.45) is 2.63. The van der Waals surface area contributed by atoms with Crippen molar-refractivity contribution < 1.29 is 20.4 Å². The first-order chi connectivity index (χ1) is 12.5. The summed E-state index contributed by atoms with van der Waals surface area (Å²) in [5.41, 5.74) is 0.280. The number of nitrogens with zero attached hydrogens (tertiary/aromatic N) is 5. The number of fused-ring (bicyclic) bond motifs is 1. The maximum absolute atomic E-state index is 10.3. The van der Waals surface area contributed by atoms with E-state index in [1.807, 2.05) is 0 Å². The third-order valence-electron chi connectivity index (χ3n) is 3.90. The number of phenolic OH excluding ortho intramolecular Hbond substituents is 4. The summed E-state index contributed by atoms with van der Waals surface area (Å²) in [5, 5.41) is 40.4. The summed E-state index contributed by atoms with van der Waals surface area (Å²) in [4.78, 5) is 17.9. The molecule has 130 valence electrons. The van der Waals surface area contributed by atoms with Gasteiger partial charge in [0, 0.05) is 12.1 Å². The molecular formula is C17H13N5O4. The molecule has 0 spiro atoms. The lowest BCUT2D eigenvalue weighted by atomic mass is 10.1. The van der Waals surface area contributed by atoms with Crippen LogP contribution in [0.4, 0.5) is 11.4 Å². The van der Waals surface area contributed by atoms with Gasteiger partial charge in [-0.3, -0.25) is 9.89 Å². The van der Waals surface area contributed by atoms with Crippen LogP contribution in [-0.2, 0) is 0 Å². The zero-order valence-electron chi connectivity index (χ0n) is 13.2. The highest BCUT2D eigenvalue weighted by molar-refractivity contribution is 6.26. The summed E-state index contributed by atoms with van der Waals surface area (Å²) in [7, 11) is 0. The molecule has 0 aliphatic carbocycles. The molecule has 0 amide bonds. The Labute approximate surface area is 147 Å². The van der Waals surface area contributed by atoms with Crippen LogP contribution >= 0.6 is 0 Å². The van der Waals surface area contributed by atoms with Gasteiger partial charge in [-0.2, -0.15) is 0 Å². The number of hydrogen-bond acceptors (Lipinski definition) is 9. The Morgan fingerprint density at radius 2 is 1.38 bits per heavy atom. The minimum Gasteiger partial charge on any atom is -0.508 e. The fourth-order valence-electron chi connectivity index (χ4n) is 2.74. The second kappa shape index (κ2) is 5.88. The van der Waals surface area contributed by atoms with E-state index in [1.165, 1.54) is 54.0 Å². The highest BCUT2D eigenvalue weighted by Crippen LogP contribution is 2.42. The second-order valence-electron chi connectivity index (χ2n) is 5.57. The van der Waals surface area contributed by atoms with Gasteiger partial charge in [-0.1, -0.05) is 0 Å². The van der Waals surface area contributed by atoms with Crippen molar-refractivity contribution in [3.05, 3.63) is 36.4 Å². The topological polar surface area (TPSA) is 134 Å². The molecule has 2 aliphatic rings. The number of rotatable bonds is 2. The van der Waals surface area contributed by atoms with Crippen molar-refractivity contribution in [3.8, 4) is 23.0 Å². The maximum Gasteiger partial charge on any atom is 0.169 e. The molecular weight excluding hydrogens is 338 g/mol. The minimum atomic E-state index is -0.650. The van der Waals surface area contributed by atoms with Crippen LogP contribution in [-0.4, -0.2) is 50.8 Å². The van der Waals surface area contributed by atoms with Gasteiger partial charge in [-0.05, 0) is 24.3 Å². The number of aromatic hydroxyl groups is 4. The van der Waals surface area contributed by atoms with E-state index in [4.69, 9.17) is 0 Å². The molecule has 0 aromatic heterocycles. The van der Waals surface area contributed by atoms with E-state index in [2.05, 4.69) is 20.0 Å². The van der Waals surface area contributed by atoms with E-state index < -0.39 is 6.04 Å². The number of amidine groups is 2. The zero-order valence-corrected chi connectivity index (χ0v) is 13.2. The van der Waals surface area contributed by atoms with Crippen molar-refractivity contribution in [2.24, 2.45) is 20.0 Å². The van der Waals surface area contributed by atoms with E-state index in [9.17, 15) is 20.4 Å². The van der Waals surface area contributed by atoms with Gasteiger partial charge in [-0.15, -0.1) is 0 Å². The molecule has 0 bridgehead atoms. The van der Waals surface area contributed by atoms with Crippen LogP contribution in [0, 0.1) is 0 Å². The zero-order chi connectivity index (χ0) is 18.3. The standard InChI is InChI=1S/C17H13N5O4/c23-9-1-3-13(25)11(5-9)22(12-6-10(24)2-4-14(12)26)17-15-16(19-7-18-15)20-8-21-17/h1-8,15,23-26H. The summed E-state index contributed by atoms with van der Waals surface area (Å²) in [6, 6.07) is 7.23. The lowest BCUT2D eigenvalue weighted by Gasteiger charge is -2.30. The quantitative estimate of drug-likeness (QED) is 0.613. The van der Waals surface area contributed by atoms with Gasteiger partial charge in [0.1, 0.15) is 41.5 Å². The highest BCUT2D eigenvalue weighted by Gasteiger charge is 2.34. The van der Waals surface area contributed by atoms with Crippen molar-refractivity contribution in [2.75, 3.05) is 4.90 Å². The second-order valence-corrected chi connectivity index (χ2v) is 5.57. The molecule has 1 atom stereocenters. The smallest absolute Gasteiger partial charge is 0.169 e. The van der Waals surface area contributed by atoms with Gasteiger partial charge >= 0.3 is 0 Å². The molecule has 9 nitrogen and oxygen atoms in total. The number of anilines is 2. The molecule has 0 saturated heterocycles. The Kier molecular flexibility index (Phi) is 3.54. The molecule has 2 heterocycles. The van der Waals surface area contributed by atoms with Gasteiger partial charge < -0.3 is 20.4 Å². The van der Waals surface area contributed by atoms with E-state index >= 15 is 0 Å². The molecule has 1 unspecified atom stereocenters. The lowest BCUT2D eigenvalue weighted by Crippen LogP contribution is -2.40. The third-order valence-corrected chi connectivity index (χ3v) is 3.90. The van der Waals surface area contributed by atoms with E-state index in [0.717, 1.165) is 0 Å². The van der Waals surface area contributed by atoms with E-state index in [-0.39, 0.29) is 40.2 Å². The summed E-state index contributed by atoms with van der Waals surface area (Å²) in [5.74, 6) is 0.147. The van der Waals surface area contributed by atoms with Gasteiger partial charge in [0.15, 0.2) is 11.9 Å². The molecule has 0 fully saturated rings. The predicted molar refractivity (Wildman–Crippen MR) is 97.3 cm³/mol. The Morgan fingerprint density at radius 3 is 2.00 bits per heavy atom. The van der Waals surface area contributed by atoms with Gasteiger partial charge in [-0.25, -0.2) is 15.0 Å². The molecule has 9 heteroatoms. The normalized spacial score (nSPS) is 17.6. The first-order valence-corrected chi connectivity index (χ1v) is 7.58. The fourth-order valence-corrected chi connectivity index (χ4v) is 2.74. The van der Waals surface area contributed by atoms with E-state index in [0.29, 0.717) is 5.84 Å². The number of phenols is 4. The Bertz CT molecular complexity index is 961. The summed E-state index contributed by atoms with van der Waals surface area (Å²) in [6.45, 7) is 0. The summed E-state index contributed by atoms with van der Waals surface area (Å²) >= 11 is 0. The molecule has 2 aromatic carbocycles. The van der Waals surface area contributed by atoms with Crippen molar-refractivity contribution >= 4 is 35.7 Å². The van der Waals surface area contributed by atoms with Crippen molar-refractivity contribution in [1.29, 1.82) is 0 Å². The SMILES string of the molecule is Oc1ccc(O)c(N(C2=NC=NC3=NC=NC32)c2cc(O)ccc2O)c1. The molecule has 2 aromatic rings. The monoisotopic (exact) mass is 351 g/mol. The average Bonchev–Trinajstić information content (AvgIpc) is 3.10. The molecule has 4 rings (SSSR count). The third kappa shape index (κ3) is 2.51. The largest absolute Gasteiger partial charge is 0.508 e. The molecule has 0 saturated carbocycles. The molecule has 26 heavy (non-hydrogen) atoms. The van der Waals surface area contributed by atoms with Crippen LogP contribution in [0.5, 0.6) is 23.0 Å². The van der Waals surface area contributed by atoms with Crippen LogP contribution in [0.3, 0.4) is 0 Å². The maximum atomic E-state index is 10.3. The molecule has 2 aliphatic heterocycles.